The van der Waals surface area contributed by atoms with E-state index in [1.165, 1.54) is 12.8 Å². The summed E-state index contributed by atoms with van der Waals surface area (Å²) >= 11 is 0. The summed E-state index contributed by atoms with van der Waals surface area (Å²) in [5.41, 5.74) is 2.72. The second-order valence-corrected chi connectivity index (χ2v) is 9.59. The van der Waals surface area contributed by atoms with Gasteiger partial charge in [-0.05, 0) is 68.8 Å². The topological polar surface area (TPSA) is 99.8 Å². The lowest BCUT2D eigenvalue weighted by molar-refractivity contribution is -0.140. The van der Waals surface area contributed by atoms with Crippen LogP contribution < -0.4 is 16.0 Å². The molecule has 5 rings (SSSR count). The lowest BCUT2D eigenvalue weighted by atomic mass is 9.84. The van der Waals surface area contributed by atoms with Gasteiger partial charge in [-0.15, -0.1) is 0 Å². The van der Waals surface area contributed by atoms with E-state index in [0.29, 0.717) is 25.1 Å². The van der Waals surface area contributed by atoms with Crippen molar-refractivity contribution in [3.63, 3.8) is 0 Å². The van der Waals surface area contributed by atoms with Gasteiger partial charge in [0, 0.05) is 31.6 Å². The van der Waals surface area contributed by atoms with E-state index in [9.17, 15) is 14.4 Å². The van der Waals surface area contributed by atoms with Crippen LogP contribution in [-0.2, 0) is 27.4 Å². The maximum absolute atomic E-state index is 13.0. The Hall–Kier alpha value is -2.29. The van der Waals surface area contributed by atoms with Gasteiger partial charge >= 0.3 is 0 Å². The first-order valence-corrected chi connectivity index (χ1v) is 11.9. The number of ether oxygens (including phenoxy) is 1. The van der Waals surface area contributed by atoms with Crippen LogP contribution in [-0.4, -0.2) is 60.0 Å². The minimum absolute atomic E-state index is 0.0648. The Balaban J connectivity index is 1.16. The molecule has 8 heteroatoms. The van der Waals surface area contributed by atoms with Crippen LogP contribution in [0.3, 0.4) is 0 Å². The first-order valence-electron chi connectivity index (χ1n) is 11.9. The van der Waals surface area contributed by atoms with Gasteiger partial charge in [-0.1, -0.05) is 12.1 Å². The van der Waals surface area contributed by atoms with Gasteiger partial charge in [0.25, 0.3) is 5.91 Å². The van der Waals surface area contributed by atoms with E-state index in [1.807, 2.05) is 18.2 Å². The third-order valence-electron chi connectivity index (χ3n) is 7.38. The van der Waals surface area contributed by atoms with Crippen molar-refractivity contribution in [2.45, 2.75) is 75.8 Å². The first kappa shape index (κ1) is 21.6. The van der Waals surface area contributed by atoms with Gasteiger partial charge in [0.2, 0.25) is 11.8 Å². The number of nitrogens with one attached hydrogen (secondary N) is 3. The minimum atomic E-state index is -0.570. The number of piperidine rings is 2. The Morgan fingerprint density at radius 3 is 2.78 bits per heavy atom. The zero-order chi connectivity index (χ0) is 22.1. The Kier molecular flexibility index (Phi) is 6.01. The fourth-order valence-corrected chi connectivity index (χ4v) is 5.61. The summed E-state index contributed by atoms with van der Waals surface area (Å²) in [5.74, 6) is -0.764. The second kappa shape index (κ2) is 8.92. The van der Waals surface area contributed by atoms with Crippen LogP contribution >= 0.6 is 0 Å². The first-order chi connectivity index (χ1) is 15.5. The van der Waals surface area contributed by atoms with Crippen LogP contribution in [0, 0.1) is 0 Å². The van der Waals surface area contributed by atoms with Crippen molar-refractivity contribution in [3.05, 3.63) is 34.9 Å². The number of imide groups is 1. The summed E-state index contributed by atoms with van der Waals surface area (Å²) in [4.78, 5) is 38.2. The van der Waals surface area contributed by atoms with Gasteiger partial charge in [-0.25, -0.2) is 0 Å². The van der Waals surface area contributed by atoms with Crippen LogP contribution in [0.4, 0.5) is 0 Å². The number of nitrogens with zero attached hydrogens (tertiary/aromatic N) is 1. The van der Waals surface area contributed by atoms with Crippen molar-refractivity contribution in [2.75, 3.05) is 19.6 Å². The predicted octanol–water partition coefficient (Wildman–Crippen LogP) is 1.23. The third kappa shape index (κ3) is 4.31. The molecule has 0 saturated carbocycles. The quantitative estimate of drug-likeness (QED) is 0.596. The fourth-order valence-electron chi connectivity index (χ4n) is 5.61. The summed E-state index contributed by atoms with van der Waals surface area (Å²) in [7, 11) is 0. The Morgan fingerprint density at radius 2 is 1.97 bits per heavy atom. The number of benzene rings is 1. The largest absolute Gasteiger partial charge is 0.370 e. The van der Waals surface area contributed by atoms with E-state index in [0.717, 1.165) is 50.0 Å². The molecule has 3 amide bonds. The molecule has 4 aliphatic rings. The number of rotatable bonds is 5. The average Bonchev–Trinajstić information content (AvgIpc) is 3.10. The zero-order valence-corrected chi connectivity index (χ0v) is 18.5. The molecule has 0 radical (unpaired) electrons. The smallest absolute Gasteiger partial charge is 0.255 e. The van der Waals surface area contributed by atoms with Gasteiger partial charge in [0.1, 0.15) is 6.04 Å². The number of hydrogen-bond donors (Lipinski definition) is 3. The molecule has 2 atom stereocenters. The highest BCUT2D eigenvalue weighted by Crippen LogP contribution is 2.35. The van der Waals surface area contributed by atoms with Crippen LogP contribution in [0.25, 0.3) is 0 Å². The lowest BCUT2D eigenvalue weighted by Crippen LogP contribution is -2.52. The van der Waals surface area contributed by atoms with Crippen LogP contribution in [0.2, 0.25) is 0 Å². The fraction of sp³-hybridized carbons (Fsp3) is 0.625. The van der Waals surface area contributed by atoms with E-state index in [1.54, 1.807) is 4.90 Å². The van der Waals surface area contributed by atoms with Gasteiger partial charge in [-0.3, -0.25) is 19.7 Å². The van der Waals surface area contributed by atoms with Gasteiger partial charge in [0.05, 0.1) is 11.7 Å². The molecule has 3 N–H and O–H groups in total. The van der Waals surface area contributed by atoms with Crippen LogP contribution in [0.5, 0.6) is 0 Å². The molecule has 0 aliphatic carbocycles. The molecular formula is C24H32N4O4. The summed E-state index contributed by atoms with van der Waals surface area (Å²) in [6.45, 7) is 3.98. The molecule has 1 aromatic carbocycles. The third-order valence-corrected chi connectivity index (χ3v) is 7.38. The monoisotopic (exact) mass is 440 g/mol. The minimum Gasteiger partial charge on any atom is -0.370 e. The highest BCUT2D eigenvalue weighted by Gasteiger charge is 2.39. The van der Waals surface area contributed by atoms with Crippen molar-refractivity contribution >= 4 is 17.7 Å². The molecule has 4 heterocycles. The van der Waals surface area contributed by atoms with E-state index >= 15 is 0 Å². The Morgan fingerprint density at radius 1 is 1.12 bits per heavy atom. The van der Waals surface area contributed by atoms with Gasteiger partial charge < -0.3 is 20.3 Å². The molecule has 4 aliphatic heterocycles. The summed E-state index contributed by atoms with van der Waals surface area (Å²) in [6, 6.07) is 5.40. The average molecular weight is 441 g/mol. The molecule has 0 bridgehead atoms. The maximum Gasteiger partial charge on any atom is 0.255 e. The molecule has 3 fully saturated rings. The molecule has 172 valence electrons. The highest BCUT2D eigenvalue weighted by molar-refractivity contribution is 6.05. The molecule has 0 aromatic heterocycles. The van der Waals surface area contributed by atoms with E-state index in [2.05, 4.69) is 16.0 Å². The van der Waals surface area contributed by atoms with Crippen molar-refractivity contribution in [1.82, 2.24) is 20.9 Å². The van der Waals surface area contributed by atoms with Crippen molar-refractivity contribution in [3.8, 4) is 0 Å². The van der Waals surface area contributed by atoms with Crippen molar-refractivity contribution < 1.29 is 19.1 Å². The van der Waals surface area contributed by atoms with Gasteiger partial charge in [-0.2, -0.15) is 0 Å². The van der Waals surface area contributed by atoms with E-state index in [-0.39, 0.29) is 35.8 Å². The van der Waals surface area contributed by atoms with Gasteiger partial charge in [0.15, 0.2) is 0 Å². The zero-order valence-electron chi connectivity index (χ0n) is 18.5. The number of carbonyl (C=O) groups excluding carboxylic acids is 3. The maximum atomic E-state index is 13.0. The normalized spacial score (nSPS) is 27.5. The summed E-state index contributed by atoms with van der Waals surface area (Å²) < 4.78 is 6.52. The van der Waals surface area contributed by atoms with E-state index < -0.39 is 6.04 Å². The molecule has 1 aromatic rings. The summed E-state index contributed by atoms with van der Waals surface area (Å²) in [6.07, 6.45) is 6.56. The number of carbonyl (C=O) groups is 3. The second-order valence-electron chi connectivity index (χ2n) is 9.59. The highest BCUT2D eigenvalue weighted by atomic mass is 16.5. The molecule has 2 unspecified atom stereocenters. The number of fused-ring (bicyclic) bond motifs is 1. The van der Waals surface area contributed by atoms with Crippen molar-refractivity contribution in [2.24, 2.45) is 0 Å². The van der Waals surface area contributed by atoms with Crippen molar-refractivity contribution in [1.29, 1.82) is 0 Å². The lowest BCUT2D eigenvalue weighted by Gasteiger charge is -2.44. The van der Waals surface area contributed by atoms with Crippen LogP contribution in [0.15, 0.2) is 18.2 Å². The molecule has 8 nitrogen and oxygen atoms in total. The van der Waals surface area contributed by atoms with E-state index in [4.69, 9.17) is 4.74 Å². The summed E-state index contributed by atoms with van der Waals surface area (Å²) in [5, 5.41) is 9.29. The molecular weight excluding hydrogens is 408 g/mol. The standard InChI is InChI=1S/C24H32N4O4/c29-21-6-5-20(22(30)27-21)28-15-17-4-3-16(12-19(17)23(28)31)13-26-14-18-2-1-7-24(32-18)8-10-25-11-9-24/h3-4,12,18,20,25-26H,1-2,5-11,13-15H2,(H,27,29,30). The number of amides is 3. The number of hydrogen-bond acceptors (Lipinski definition) is 6. The SMILES string of the molecule is O=C1CCC(N2Cc3ccc(CNCC4CCCC5(CCNCC5)O4)cc3C2=O)C(=O)N1. The molecule has 3 saturated heterocycles. The Labute approximate surface area is 188 Å². The Bertz CT molecular complexity index is 906. The predicted molar refractivity (Wildman–Crippen MR) is 118 cm³/mol. The molecule has 32 heavy (non-hydrogen) atoms. The molecule has 1 spiro atoms. The van der Waals surface area contributed by atoms with Crippen LogP contribution in [0.1, 0.15) is 66.4 Å².